The summed E-state index contributed by atoms with van der Waals surface area (Å²) in [6, 6.07) is 6.35. The van der Waals surface area contributed by atoms with E-state index in [1.807, 2.05) is 12.1 Å². The number of nitrogens with zero attached hydrogens (tertiary/aromatic N) is 1. The van der Waals surface area contributed by atoms with Crippen LogP contribution in [0, 0.1) is 4.77 Å². The van der Waals surface area contributed by atoms with Crippen LogP contribution in [-0.2, 0) is 0 Å². The van der Waals surface area contributed by atoms with Crippen LogP contribution >= 0.6 is 23.8 Å². The van der Waals surface area contributed by atoms with Gasteiger partial charge in [0.25, 0.3) is 0 Å². The third-order valence-electron chi connectivity index (χ3n) is 3.37. The molecule has 0 fully saturated rings. The Kier molecular flexibility index (Phi) is 4.46. The number of aromatic nitrogens is 2. The molecule has 2 nitrogen and oxygen atoms in total. The number of unbranched alkanes of at least 4 members (excludes halogenated alkanes) is 2. The number of fused-ring (bicyclic) bond motifs is 1. The fourth-order valence-corrected chi connectivity index (χ4v) is 2.97. The molecule has 1 unspecified atom stereocenters. The molecule has 1 heterocycles. The van der Waals surface area contributed by atoms with E-state index < -0.39 is 0 Å². The second-order valence-corrected chi connectivity index (χ2v) is 5.57. The van der Waals surface area contributed by atoms with E-state index in [-0.39, 0.29) is 0 Å². The van der Waals surface area contributed by atoms with Crippen LogP contribution in [0.5, 0.6) is 0 Å². The van der Waals surface area contributed by atoms with E-state index in [2.05, 4.69) is 29.5 Å². The number of halogens is 1. The van der Waals surface area contributed by atoms with Crippen molar-refractivity contribution in [3.8, 4) is 0 Å². The number of aromatic amines is 1. The molecule has 0 radical (unpaired) electrons. The molecule has 0 amide bonds. The van der Waals surface area contributed by atoms with Gasteiger partial charge in [0.05, 0.1) is 16.1 Å². The Labute approximate surface area is 118 Å². The molecule has 0 spiro atoms. The number of hydrogen-bond donors (Lipinski definition) is 1. The lowest BCUT2D eigenvalue weighted by atomic mass is 10.1. The van der Waals surface area contributed by atoms with Crippen molar-refractivity contribution >= 4 is 34.9 Å². The highest BCUT2D eigenvalue weighted by molar-refractivity contribution is 7.71. The minimum absolute atomic E-state index is 0.413. The largest absolute Gasteiger partial charge is 0.329 e. The summed E-state index contributed by atoms with van der Waals surface area (Å²) in [5.41, 5.74) is 2.06. The smallest absolute Gasteiger partial charge is 0.178 e. The Hall–Kier alpha value is -0.800. The van der Waals surface area contributed by atoms with E-state index in [0.29, 0.717) is 6.04 Å². The number of H-pyrrole nitrogens is 1. The summed E-state index contributed by atoms with van der Waals surface area (Å²) in [5, 5.41) is 0.734. The molecule has 1 atom stereocenters. The number of rotatable bonds is 5. The molecule has 98 valence electrons. The van der Waals surface area contributed by atoms with E-state index in [9.17, 15) is 0 Å². The van der Waals surface area contributed by atoms with Crippen molar-refractivity contribution in [2.45, 2.75) is 45.6 Å². The number of para-hydroxylation sites is 1. The summed E-state index contributed by atoms with van der Waals surface area (Å²) in [6.07, 6.45) is 4.92. The lowest BCUT2D eigenvalue weighted by molar-refractivity contribution is 0.483. The number of hydrogen-bond acceptors (Lipinski definition) is 1. The zero-order chi connectivity index (χ0) is 13.1. The van der Waals surface area contributed by atoms with Crippen molar-refractivity contribution in [1.82, 2.24) is 9.55 Å². The highest BCUT2D eigenvalue weighted by Gasteiger charge is 2.12. The van der Waals surface area contributed by atoms with Gasteiger partial charge in [-0.2, -0.15) is 0 Å². The van der Waals surface area contributed by atoms with E-state index in [1.165, 1.54) is 19.3 Å². The van der Waals surface area contributed by atoms with Crippen LogP contribution in [0.3, 0.4) is 0 Å². The highest BCUT2D eigenvalue weighted by atomic mass is 35.5. The Morgan fingerprint density at radius 3 is 2.89 bits per heavy atom. The predicted molar refractivity (Wildman–Crippen MR) is 81.0 cm³/mol. The Bertz CT molecular complexity index is 585. The minimum atomic E-state index is 0.413. The van der Waals surface area contributed by atoms with Crippen LogP contribution < -0.4 is 0 Å². The second-order valence-electron chi connectivity index (χ2n) is 4.78. The molecule has 1 N–H and O–H groups in total. The lowest BCUT2D eigenvalue weighted by Crippen LogP contribution is -2.05. The first kappa shape index (κ1) is 13.6. The molecular formula is C14H19ClN2S. The van der Waals surface area contributed by atoms with E-state index in [0.717, 1.165) is 27.2 Å². The van der Waals surface area contributed by atoms with Gasteiger partial charge in [0, 0.05) is 6.04 Å². The summed E-state index contributed by atoms with van der Waals surface area (Å²) in [5.74, 6) is 0. The predicted octanol–water partition coefficient (Wildman–Crippen LogP) is 5.49. The minimum Gasteiger partial charge on any atom is -0.329 e. The molecule has 0 saturated heterocycles. The van der Waals surface area contributed by atoms with Gasteiger partial charge in [-0.1, -0.05) is 43.9 Å². The van der Waals surface area contributed by atoms with Crippen molar-refractivity contribution in [2.75, 3.05) is 0 Å². The van der Waals surface area contributed by atoms with Crippen LogP contribution in [0.4, 0.5) is 0 Å². The quantitative estimate of drug-likeness (QED) is 0.568. The number of benzene rings is 1. The maximum Gasteiger partial charge on any atom is 0.178 e. The zero-order valence-electron chi connectivity index (χ0n) is 10.9. The molecule has 0 bridgehead atoms. The van der Waals surface area contributed by atoms with E-state index in [4.69, 9.17) is 23.8 Å². The molecule has 4 heteroatoms. The van der Waals surface area contributed by atoms with Crippen molar-refractivity contribution in [1.29, 1.82) is 0 Å². The summed E-state index contributed by atoms with van der Waals surface area (Å²) >= 11 is 11.6. The molecule has 2 rings (SSSR count). The highest BCUT2D eigenvalue weighted by Crippen LogP contribution is 2.27. The fraction of sp³-hybridized carbons (Fsp3) is 0.500. The van der Waals surface area contributed by atoms with Crippen LogP contribution in [-0.4, -0.2) is 9.55 Å². The van der Waals surface area contributed by atoms with Gasteiger partial charge in [0.1, 0.15) is 0 Å². The van der Waals surface area contributed by atoms with Gasteiger partial charge in [-0.3, -0.25) is 0 Å². The maximum absolute atomic E-state index is 6.18. The average molecular weight is 283 g/mol. The number of imidazole rings is 1. The Morgan fingerprint density at radius 1 is 1.39 bits per heavy atom. The Morgan fingerprint density at radius 2 is 2.17 bits per heavy atom. The van der Waals surface area contributed by atoms with Crippen molar-refractivity contribution in [3.05, 3.63) is 28.0 Å². The molecule has 18 heavy (non-hydrogen) atoms. The monoisotopic (exact) mass is 282 g/mol. The summed E-state index contributed by atoms with van der Waals surface area (Å²) in [6.45, 7) is 4.45. The van der Waals surface area contributed by atoms with Crippen LogP contribution in [0.1, 0.15) is 45.6 Å². The fourth-order valence-electron chi connectivity index (χ4n) is 2.37. The van der Waals surface area contributed by atoms with Gasteiger partial charge in [0.2, 0.25) is 0 Å². The first-order valence-electron chi connectivity index (χ1n) is 6.54. The lowest BCUT2D eigenvalue weighted by Gasteiger charge is -2.14. The average Bonchev–Trinajstić information content (AvgIpc) is 2.67. The topological polar surface area (TPSA) is 20.7 Å². The number of nitrogens with one attached hydrogen (secondary N) is 1. The molecule has 0 aliphatic carbocycles. The van der Waals surface area contributed by atoms with Crippen LogP contribution in [0.25, 0.3) is 11.0 Å². The van der Waals surface area contributed by atoms with Gasteiger partial charge in [-0.15, -0.1) is 0 Å². The van der Waals surface area contributed by atoms with Gasteiger partial charge in [-0.05, 0) is 37.7 Å². The van der Waals surface area contributed by atoms with Gasteiger partial charge in [-0.25, -0.2) is 0 Å². The van der Waals surface area contributed by atoms with Gasteiger partial charge < -0.3 is 9.55 Å². The van der Waals surface area contributed by atoms with Crippen molar-refractivity contribution in [3.63, 3.8) is 0 Å². The van der Waals surface area contributed by atoms with Crippen molar-refractivity contribution < 1.29 is 0 Å². The SMILES string of the molecule is CCCCCC(C)n1c(=S)[nH]c2c(Cl)cccc21. The van der Waals surface area contributed by atoms with Crippen LogP contribution in [0.2, 0.25) is 5.02 Å². The molecule has 1 aromatic carbocycles. The molecule has 2 aromatic rings. The maximum atomic E-state index is 6.18. The second kappa shape index (κ2) is 5.89. The van der Waals surface area contributed by atoms with Gasteiger partial charge in [0.15, 0.2) is 4.77 Å². The third kappa shape index (κ3) is 2.62. The van der Waals surface area contributed by atoms with Crippen LogP contribution in [0.15, 0.2) is 18.2 Å². The third-order valence-corrected chi connectivity index (χ3v) is 3.98. The molecule has 1 aromatic heterocycles. The van der Waals surface area contributed by atoms with Crippen molar-refractivity contribution in [2.24, 2.45) is 0 Å². The van der Waals surface area contributed by atoms with E-state index in [1.54, 1.807) is 0 Å². The summed E-state index contributed by atoms with van der Waals surface area (Å²) in [7, 11) is 0. The molecule has 0 aliphatic heterocycles. The van der Waals surface area contributed by atoms with Gasteiger partial charge >= 0.3 is 0 Å². The Balaban J connectivity index is 2.35. The molecule has 0 aliphatic rings. The first-order valence-corrected chi connectivity index (χ1v) is 7.32. The summed E-state index contributed by atoms with van der Waals surface area (Å²) < 4.78 is 2.95. The molecular weight excluding hydrogens is 264 g/mol. The van der Waals surface area contributed by atoms with E-state index >= 15 is 0 Å². The first-order chi connectivity index (χ1) is 8.65. The normalized spacial score (nSPS) is 13.1. The standard InChI is InChI=1S/C14H19ClN2S/c1-3-4-5-7-10(2)17-12-9-6-8-11(15)13(12)16-14(17)18/h6,8-10H,3-5,7H2,1-2H3,(H,16,18). The zero-order valence-corrected chi connectivity index (χ0v) is 12.4. The molecule has 0 saturated carbocycles. The summed E-state index contributed by atoms with van der Waals surface area (Å²) in [4.78, 5) is 3.21.